The molecule has 0 aliphatic carbocycles. The van der Waals surface area contributed by atoms with Crippen molar-refractivity contribution in [2.75, 3.05) is 20.1 Å². The maximum absolute atomic E-state index is 13.3. The molecule has 2 saturated heterocycles. The maximum Gasteiger partial charge on any atom is 0.255 e. The number of carbonyl (C=O) groups is 3. The highest BCUT2D eigenvalue weighted by atomic mass is 16.2. The number of imide groups is 1. The van der Waals surface area contributed by atoms with Crippen molar-refractivity contribution in [3.8, 4) is 0 Å². The van der Waals surface area contributed by atoms with Crippen molar-refractivity contribution in [3.63, 3.8) is 0 Å². The second-order valence-electron chi connectivity index (χ2n) is 8.36. The number of nitrogens with one attached hydrogen (secondary N) is 2. The van der Waals surface area contributed by atoms with E-state index in [-0.39, 0.29) is 24.1 Å². The van der Waals surface area contributed by atoms with Crippen LogP contribution in [0.25, 0.3) is 0 Å². The largest absolute Gasteiger partial charge is 0.322 e. The second kappa shape index (κ2) is 8.63. The third-order valence-corrected chi connectivity index (χ3v) is 6.49. The first-order chi connectivity index (χ1) is 14.1. The number of fused-ring (bicyclic) bond motifs is 1. The lowest BCUT2D eigenvalue weighted by atomic mass is 9.96. The van der Waals surface area contributed by atoms with Gasteiger partial charge in [0.05, 0.1) is 0 Å². The summed E-state index contributed by atoms with van der Waals surface area (Å²) < 4.78 is 0. The van der Waals surface area contributed by atoms with E-state index in [0.717, 1.165) is 42.7 Å². The van der Waals surface area contributed by atoms with Gasteiger partial charge in [0.1, 0.15) is 6.04 Å². The molecule has 0 aromatic heterocycles. The molecule has 0 spiro atoms. The number of hydrogen-bond acceptors (Lipinski definition) is 5. The monoisotopic (exact) mass is 398 g/mol. The molecule has 3 aliphatic heterocycles. The van der Waals surface area contributed by atoms with Gasteiger partial charge < -0.3 is 10.2 Å². The fraction of sp³-hybridized carbons (Fsp3) is 0.591. The Balaban J connectivity index is 1.53. The summed E-state index contributed by atoms with van der Waals surface area (Å²) in [5.74, 6) is -0.685. The summed E-state index contributed by atoms with van der Waals surface area (Å²) in [4.78, 5) is 41.2. The Kier molecular flexibility index (Phi) is 5.96. The van der Waals surface area contributed by atoms with Gasteiger partial charge in [-0.1, -0.05) is 24.6 Å². The van der Waals surface area contributed by atoms with Crippen LogP contribution < -0.4 is 10.6 Å². The fourth-order valence-electron chi connectivity index (χ4n) is 4.95. The lowest BCUT2D eigenvalue weighted by Gasteiger charge is -2.36. The molecule has 2 N–H and O–H groups in total. The predicted octanol–water partition coefficient (Wildman–Crippen LogP) is 1.41. The van der Waals surface area contributed by atoms with Crippen LogP contribution in [0.15, 0.2) is 18.2 Å². The minimum absolute atomic E-state index is 0.0751. The fourth-order valence-corrected chi connectivity index (χ4v) is 4.95. The van der Waals surface area contributed by atoms with Gasteiger partial charge >= 0.3 is 0 Å². The minimum atomic E-state index is -0.557. The Labute approximate surface area is 171 Å². The van der Waals surface area contributed by atoms with Gasteiger partial charge in [-0.25, -0.2) is 0 Å². The van der Waals surface area contributed by atoms with Crippen LogP contribution in [-0.4, -0.2) is 59.7 Å². The van der Waals surface area contributed by atoms with Crippen LogP contribution >= 0.6 is 0 Å². The molecular weight excluding hydrogens is 368 g/mol. The molecule has 3 aliphatic rings. The normalized spacial score (nSPS) is 25.3. The van der Waals surface area contributed by atoms with E-state index in [1.807, 2.05) is 19.2 Å². The first-order valence-corrected chi connectivity index (χ1v) is 10.7. The number of rotatable bonds is 6. The summed E-state index contributed by atoms with van der Waals surface area (Å²) in [6.45, 7) is 3.27. The molecule has 1 aromatic rings. The molecule has 0 saturated carbocycles. The summed E-state index contributed by atoms with van der Waals surface area (Å²) in [6.07, 6.45) is 5.46. The molecule has 7 nitrogen and oxygen atoms in total. The smallest absolute Gasteiger partial charge is 0.255 e. The minimum Gasteiger partial charge on any atom is -0.322 e. The second-order valence-corrected chi connectivity index (χ2v) is 8.36. The van der Waals surface area contributed by atoms with Crippen molar-refractivity contribution in [1.82, 2.24) is 20.4 Å². The van der Waals surface area contributed by atoms with E-state index in [1.165, 1.54) is 19.3 Å². The van der Waals surface area contributed by atoms with Crippen molar-refractivity contribution < 1.29 is 14.4 Å². The van der Waals surface area contributed by atoms with E-state index < -0.39 is 6.04 Å². The van der Waals surface area contributed by atoms with E-state index in [1.54, 1.807) is 4.90 Å². The molecule has 29 heavy (non-hydrogen) atoms. The van der Waals surface area contributed by atoms with Crippen LogP contribution in [0.2, 0.25) is 0 Å². The van der Waals surface area contributed by atoms with Gasteiger partial charge in [-0.15, -0.1) is 0 Å². The Morgan fingerprint density at radius 1 is 1.17 bits per heavy atom. The van der Waals surface area contributed by atoms with Crippen molar-refractivity contribution in [3.05, 3.63) is 34.9 Å². The van der Waals surface area contributed by atoms with Crippen LogP contribution in [0.1, 0.15) is 60.0 Å². The molecule has 2 unspecified atom stereocenters. The van der Waals surface area contributed by atoms with E-state index >= 15 is 0 Å². The van der Waals surface area contributed by atoms with Gasteiger partial charge in [-0.05, 0) is 56.9 Å². The molecular formula is C22H30N4O3. The first kappa shape index (κ1) is 20.0. The summed E-state index contributed by atoms with van der Waals surface area (Å²) in [5.41, 5.74) is 2.80. The van der Waals surface area contributed by atoms with E-state index in [2.05, 4.69) is 21.6 Å². The molecule has 156 valence electrons. The SMILES string of the molecule is CNCCC1CCCCN1Cc1cccc2c1C(=O)N(C1CCC(=O)NC1=O)C2. The topological polar surface area (TPSA) is 81.8 Å². The third kappa shape index (κ3) is 4.07. The average molecular weight is 399 g/mol. The van der Waals surface area contributed by atoms with Gasteiger partial charge in [0, 0.05) is 31.1 Å². The van der Waals surface area contributed by atoms with Gasteiger partial charge in [-0.3, -0.25) is 24.6 Å². The quantitative estimate of drug-likeness (QED) is 0.708. The van der Waals surface area contributed by atoms with Crippen molar-refractivity contribution in [1.29, 1.82) is 0 Å². The molecule has 2 fully saturated rings. The summed E-state index contributed by atoms with van der Waals surface area (Å²) in [6, 6.07) is 6.03. The van der Waals surface area contributed by atoms with Crippen LogP contribution in [0, 0.1) is 0 Å². The van der Waals surface area contributed by atoms with Crippen molar-refractivity contribution >= 4 is 17.7 Å². The van der Waals surface area contributed by atoms with E-state index in [0.29, 0.717) is 19.0 Å². The lowest BCUT2D eigenvalue weighted by Crippen LogP contribution is -2.52. The highest BCUT2D eigenvalue weighted by Gasteiger charge is 2.40. The number of benzene rings is 1. The van der Waals surface area contributed by atoms with Crippen molar-refractivity contribution in [2.45, 2.75) is 63.7 Å². The zero-order valence-corrected chi connectivity index (χ0v) is 17.1. The number of carbonyl (C=O) groups excluding carboxylic acids is 3. The number of nitrogens with zero attached hydrogens (tertiary/aromatic N) is 2. The van der Waals surface area contributed by atoms with Gasteiger partial charge in [0.15, 0.2) is 0 Å². The number of likely N-dealkylation sites (tertiary alicyclic amines) is 1. The number of hydrogen-bond donors (Lipinski definition) is 2. The zero-order valence-electron chi connectivity index (χ0n) is 17.1. The molecule has 3 amide bonds. The van der Waals surface area contributed by atoms with Gasteiger partial charge in [0.25, 0.3) is 5.91 Å². The summed E-state index contributed by atoms with van der Waals surface area (Å²) >= 11 is 0. The number of piperidine rings is 2. The van der Waals surface area contributed by atoms with Crippen molar-refractivity contribution in [2.24, 2.45) is 0 Å². The molecule has 3 heterocycles. The van der Waals surface area contributed by atoms with E-state index in [4.69, 9.17) is 0 Å². The van der Waals surface area contributed by atoms with Crippen LogP contribution in [0.5, 0.6) is 0 Å². The zero-order chi connectivity index (χ0) is 20.4. The standard InChI is InChI=1S/C22H30N4O3/c1-23-11-10-17-7-2-3-12-25(17)13-15-5-4-6-16-14-26(22(29)20(15)16)18-8-9-19(27)24-21(18)28/h4-6,17-18,23H,2-3,7-14H2,1H3,(H,24,27,28). The van der Waals surface area contributed by atoms with Crippen LogP contribution in [0.3, 0.4) is 0 Å². The summed E-state index contributed by atoms with van der Waals surface area (Å²) in [7, 11) is 1.99. The van der Waals surface area contributed by atoms with Crippen LogP contribution in [0.4, 0.5) is 0 Å². The molecule has 2 atom stereocenters. The third-order valence-electron chi connectivity index (χ3n) is 6.49. The molecule has 7 heteroatoms. The number of amides is 3. The lowest BCUT2D eigenvalue weighted by molar-refractivity contribution is -0.136. The Morgan fingerprint density at radius 3 is 2.83 bits per heavy atom. The highest BCUT2D eigenvalue weighted by Crippen LogP contribution is 2.31. The van der Waals surface area contributed by atoms with Crippen LogP contribution in [-0.2, 0) is 22.7 Å². The average Bonchev–Trinajstić information content (AvgIpc) is 3.05. The van der Waals surface area contributed by atoms with Gasteiger partial charge in [0.2, 0.25) is 11.8 Å². The molecule has 0 bridgehead atoms. The molecule has 4 rings (SSSR count). The Bertz CT molecular complexity index is 809. The summed E-state index contributed by atoms with van der Waals surface area (Å²) in [5, 5.41) is 5.62. The Morgan fingerprint density at radius 2 is 2.03 bits per heavy atom. The van der Waals surface area contributed by atoms with Gasteiger partial charge in [-0.2, -0.15) is 0 Å². The molecule has 0 radical (unpaired) electrons. The highest BCUT2D eigenvalue weighted by molar-refractivity contribution is 6.05. The van der Waals surface area contributed by atoms with E-state index in [9.17, 15) is 14.4 Å². The first-order valence-electron chi connectivity index (χ1n) is 10.7. The Hall–Kier alpha value is -2.25. The maximum atomic E-state index is 13.3. The molecule has 1 aromatic carbocycles. The predicted molar refractivity (Wildman–Crippen MR) is 109 cm³/mol.